The van der Waals surface area contributed by atoms with Gasteiger partial charge in [-0.3, -0.25) is 14.4 Å². The van der Waals surface area contributed by atoms with E-state index in [1.54, 1.807) is 0 Å². The first-order valence-corrected chi connectivity index (χ1v) is 22.3. The number of unbranched alkanes of at least 4 members (excludes halogenated alkanes) is 22. The van der Waals surface area contributed by atoms with Gasteiger partial charge in [0.15, 0.2) is 0 Å². The maximum absolute atomic E-state index is 12.6. The van der Waals surface area contributed by atoms with Crippen molar-refractivity contribution in [3.05, 3.63) is 24.3 Å². The van der Waals surface area contributed by atoms with E-state index in [1.165, 1.54) is 136 Å². The fourth-order valence-corrected chi connectivity index (χ4v) is 6.66. The average Bonchev–Trinajstić information content (AvgIpc) is 3.13. The van der Waals surface area contributed by atoms with Gasteiger partial charge in [0.05, 0.1) is 13.7 Å². The van der Waals surface area contributed by atoms with Gasteiger partial charge in [0.2, 0.25) is 0 Å². The van der Waals surface area contributed by atoms with Crippen LogP contribution in [0.15, 0.2) is 24.3 Å². The fourth-order valence-electron chi connectivity index (χ4n) is 6.66. The fraction of sp³-hybridized carbons (Fsp3) is 0.848. The minimum absolute atomic E-state index is 0.0142. The SMILES string of the molecule is CCOC(=O)CCCCCCC/C=C\CCCCCCCCC(CCCCCCCC/C=C\CCCCCCCC(=O)OC)OC(=O)CCCN(C)C. The number of methoxy groups -OCH3 is 1. The van der Waals surface area contributed by atoms with Gasteiger partial charge >= 0.3 is 17.9 Å². The maximum atomic E-state index is 12.6. The molecule has 0 rings (SSSR count). The topological polar surface area (TPSA) is 82.1 Å². The van der Waals surface area contributed by atoms with Gasteiger partial charge in [0, 0.05) is 19.3 Å². The first kappa shape index (κ1) is 50.9. The molecule has 1 atom stereocenters. The van der Waals surface area contributed by atoms with E-state index < -0.39 is 0 Å². The molecule has 310 valence electrons. The third-order valence-electron chi connectivity index (χ3n) is 9.95. The van der Waals surface area contributed by atoms with Gasteiger partial charge < -0.3 is 19.1 Å². The Morgan fingerprint density at radius 3 is 1.23 bits per heavy atom. The molecule has 1 unspecified atom stereocenters. The second kappa shape index (κ2) is 41.0. The molecule has 0 N–H and O–H groups in total. The summed E-state index contributed by atoms with van der Waals surface area (Å²) >= 11 is 0. The van der Waals surface area contributed by atoms with Crippen LogP contribution in [0, 0.1) is 0 Å². The van der Waals surface area contributed by atoms with Crippen molar-refractivity contribution in [1.82, 2.24) is 4.90 Å². The summed E-state index contributed by atoms with van der Waals surface area (Å²) in [6.07, 6.45) is 45.3. The summed E-state index contributed by atoms with van der Waals surface area (Å²) < 4.78 is 15.7. The lowest BCUT2D eigenvalue weighted by Crippen LogP contribution is -2.20. The highest BCUT2D eigenvalue weighted by molar-refractivity contribution is 5.69. The summed E-state index contributed by atoms with van der Waals surface area (Å²) in [5, 5.41) is 0. The Hall–Kier alpha value is -2.15. The van der Waals surface area contributed by atoms with Crippen LogP contribution < -0.4 is 0 Å². The molecule has 0 spiro atoms. The molecule has 0 amide bonds. The van der Waals surface area contributed by atoms with E-state index in [2.05, 4.69) is 33.9 Å². The van der Waals surface area contributed by atoms with E-state index in [0.717, 1.165) is 64.3 Å². The van der Waals surface area contributed by atoms with E-state index in [1.807, 2.05) is 21.0 Å². The highest BCUT2D eigenvalue weighted by Gasteiger charge is 2.14. The zero-order chi connectivity index (χ0) is 38.9. The third-order valence-corrected chi connectivity index (χ3v) is 9.95. The van der Waals surface area contributed by atoms with Crippen LogP contribution in [0.25, 0.3) is 0 Å². The van der Waals surface area contributed by atoms with Crippen molar-refractivity contribution in [3.8, 4) is 0 Å². The lowest BCUT2D eigenvalue weighted by Gasteiger charge is -2.18. The van der Waals surface area contributed by atoms with E-state index in [9.17, 15) is 14.4 Å². The predicted octanol–water partition coefficient (Wildman–Crippen LogP) is 12.8. The molecule has 0 fully saturated rings. The van der Waals surface area contributed by atoms with Gasteiger partial charge in [-0.25, -0.2) is 0 Å². The Labute approximate surface area is 327 Å². The number of carbonyl (C=O) groups excluding carboxylic acids is 3. The Kier molecular flexibility index (Phi) is 39.4. The van der Waals surface area contributed by atoms with Gasteiger partial charge in [-0.15, -0.1) is 0 Å². The lowest BCUT2D eigenvalue weighted by molar-refractivity contribution is -0.150. The number of hydrogen-bond donors (Lipinski definition) is 0. The van der Waals surface area contributed by atoms with Crippen LogP contribution in [0.2, 0.25) is 0 Å². The van der Waals surface area contributed by atoms with Crippen LogP contribution in [-0.2, 0) is 28.6 Å². The molecule has 53 heavy (non-hydrogen) atoms. The number of allylic oxidation sites excluding steroid dienone is 4. The molecule has 0 aromatic carbocycles. The average molecular weight is 748 g/mol. The molecule has 0 aliphatic heterocycles. The number of rotatable bonds is 40. The number of ether oxygens (including phenoxy) is 3. The van der Waals surface area contributed by atoms with Crippen molar-refractivity contribution in [2.24, 2.45) is 0 Å². The molecule has 0 aromatic heterocycles. The minimum atomic E-state index is -0.0923. The van der Waals surface area contributed by atoms with E-state index in [4.69, 9.17) is 9.47 Å². The van der Waals surface area contributed by atoms with Gasteiger partial charge in [0.25, 0.3) is 0 Å². The smallest absolute Gasteiger partial charge is 0.306 e. The van der Waals surface area contributed by atoms with Crippen LogP contribution in [0.1, 0.15) is 212 Å². The van der Waals surface area contributed by atoms with Crippen molar-refractivity contribution < 1.29 is 28.6 Å². The predicted molar refractivity (Wildman–Crippen MR) is 223 cm³/mol. The molecule has 7 heteroatoms. The lowest BCUT2D eigenvalue weighted by atomic mass is 10.0. The summed E-state index contributed by atoms with van der Waals surface area (Å²) in [6.45, 7) is 3.27. The maximum Gasteiger partial charge on any atom is 0.306 e. The second-order valence-electron chi connectivity index (χ2n) is 15.4. The Morgan fingerprint density at radius 1 is 0.472 bits per heavy atom. The van der Waals surface area contributed by atoms with E-state index in [-0.39, 0.29) is 24.0 Å². The summed E-state index contributed by atoms with van der Waals surface area (Å²) in [5.41, 5.74) is 0. The van der Waals surface area contributed by atoms with Crippen molar-refractivity contribution >= 4 is 17.9 Å². The standard InChI is InChI=1S/C46H85NO6/c1-5-52-45(49)40-35-31-27-23-19-15-11-7-9-13-17-21-25-29-33-38-43(53-46(50)41-36-42-47(2)3)37-32-28-24-20-16-12-8-6-10-14-18-22-26-30-34-39-44(48)51-4/h6-7,10-11,43H,5,8-9,12-42H2,1-4H3/b10-6-,11-7-. The molecule has 0 aromatic rings. The first-order valence-electron chi connectivity index (χ1n) is 22.3. The summed E-state index contributed by atoms with van der Waals surface area (Å²) in [6, 6.07) is 0. The molecular weight excluding hydrogens is 663 g/mol. The summed E-state index contributed by atoms with van der Waals surface area (Å²) in [4.78, 5) is 37.2. The molecular formula is C46H85NO6. The highest BCUT2D eigenvalue weighted by atomic mass is 16.5. The van der Waals surface area contributed by atoms with Gasteiger partial charge in [-0.2, -0.15) is 0 Å². The van der Waals surface area contributed by atoms with Crippen molar-refractivity contribution in [2.75, 3.05) is 34.4 Å². The molecule has 0 aliphatic rings. The van der Waals surface area contributed by atoms with Gasteiger partial charge in [-0.1, -0.05) is 114 Å². The monoisotopic (exact) mass is 748 g/mol. The molecule has 0 radical (unpaired) electrons. The van der Waals surface area contributed by atoms with E-state index >= 15 is 0 Å². The van der Waals surface area contributed by atoms with Gasteiger partial charge in [0.1, 0.15) is 6.10 Å². The number of carbonyl (C=O) groups is 3. The molecule has 0 heterocycles. The number of nitrogens with zero attached hydrogens (tertiary/aromatic N) is 1. The second-order valence-corrected chi connectivity index (χ2v) is 15.4. The van der Waals surface area contributed by atoms with Crippen LogP contribution >= 0.6 is 0 Å². The zero-order valence-electron chi connectivity index (χ0n) is 35.3. The molecule has 0 aliphatic carbocycles. The van der Waals surface area contributed by atoms with Crippen LogP contribution in [0.3, 0.4) is 0 Å². The minimum Gasteiger partial charge on any atom is -0.469 e. The van der Waals surface area contributed by atoms with Crippen molar-refractivity contribution in [1.29, 1.82) is 0 Å². The third kappa shape index (κ3) is 40.9. The Bertz CT molecular complexity index is 885. The number of hydrogen-bond acceptors (Lipinski definition) is 7. The van der Waals surface area contributed by atoms with E-state index in [0.29, 0.717) is 25.9 Å². The largest absolute Gasteiger partial charge is 0.469 e. The Balaban J connectivity index is 3.93. The number of esters is 3. The normalized spacial score (nSPS) is 12.2. The van der Waals surface area contributed by atoms with Crippen LogP contribution in [0.4, 0.5) is 0 Å². The molecule has 0 bridgehead atoms. The summed E-state index contributed by atoms with van der Waals surface area (Å²) in [5.74, 6) is -0.164. The van der Waals surface area contributed by atoms with Crippen molar-refractivity contribution in [2.45, 2.75) is 218 Å². The van der Waals surface area contributed by atoms with Gasteiger partial charge in [-0.05, 0) is 124 Å². The quantitative estimate of drug-likeness (QED) is 0.0267. The molecule has 0 saturated carbocycles. The van der Waals surface area contributed by atoms with Crippen molar-refractivity contribution in [3.63, 3.8) is 0 Å². The Morgan fingerprint density at radius 2 is 0.830 bits per heavy atom. The zero-order valence-corrected chi connectivity index (χ0v) is 35.3. The molecule has 7 nitrogen and oxygen atoms in total. The molecule has 0 saturated heterocycles. The highest BCUT2D eigenvalue weighted by Crippen LogP contribution is 2.19. The van der Waals surface area contributed by atoms with Crippen LogP contribution in [-0.4, -0.2) is 63.3 Å². The van der Waals surface area contributed by atoms with Crippen LogP contribution in [0.5, 0.6) is 0 Å². The summed E-state index contributed by atoms with van der Waals surface area (Å²) in [7, 11) is 5.56. The first-order chi connectivity index (χ1) is 25.9.